The van der Waals surface area contributed by atoms with Crippen LogP contribution in [0.1, 0.15) is 98.6 Å². The van der Waals surface area contributed by atoms with Crippen molar-refractivity contribution < 1.29 is 5.11 Å². The van der Waals surface area contributed by atoms with E-state index in [4.69, 9.17) is 0 Å². The van der Waals surface area contributed by atoms with Gasteiger partial charge in [0.25, 0.3) is 0 Å². The van der Waals surface area contributed by atoms with Crippen molar-refractivity contribution in [3.05, 3.63) is 75.9 Å². The van der Waals surface area contributed by atoms with Crippen LogP contribution in [0.2, 0.25) is 0 Å². The highest BCUT2D eigenvalue weighted by Gasteiger charge is 2.31. The topological polar surface area (TPSA) is 20.2 Å². The Balaban J connectivity index is 1.93. The first-order valence-electron chi connectivity index (χ1n) is 11.9. The molecule has 0 heterocycles. The van der Waals surface area contributed by atoms with Gasteiger partial charge in [-0.25, -0.2) is 0 Å². The predicted octanol–water partition coefficient (Wildman–Crippen LogP) is 7.82. The molecule has 0 amide bonds. The molecule has 0 aromatic heterocycles. The highest BCUT2D eigenvalue weighted by atomic mass is 16.3. The van der Waals surface area contributed by atoms with Gasteiger partial charge in [0.15, 0.2) is 0 Å². The zero-order chi connectivity index (χ0) is 21.8. The van der Waals surface area contributed by atoms with E-state index in [2.05, 4.69) is 83.2 Å². The summed E-state index contributed by atoms with van der Waals surface area (Å²) in [5, 5.41) is 11.0. The van der Waals surface area contributed by atoms with Gasteiger partial charge in [0.05, 0.1) is 5.60 Å². The van der Waals surface area contributed by atoms with Gasteiger partial charge in [0.1, 0.15) is 0 Å². The molecule has 0 aliphatic heterocycles. The number of rotatable bonds is 6. The molecule has 162 valence electrons. The molecule has 30 heavy (non-hydrogen) atoms. The Morgan fingerprint density at radius 1 is 0.800 bits per heavy atom. The summed E-state index contributed by atoms with van der Waals surface area (Å²) < 4.78 is 0. The average molecular weight is 405 g/mol. The molecule has 2 aromatic carbocycles. The smallest absolute Gasteiger partial charge is 0.0830 e. The SMILES string of the molecule is CCC(CC)(c1ccc(C)c(C)c1)c1ccc(C=CC2(O)CCCCCC2)c(C)c1. The Kier molecular flexibility index (Phi) is 7.24. The second-order valence-corrected chi connectivity index (χ2v) is 9.51. The molecular formula is C29H40O. The van der Waals surface area contributed by atoms with Crippen LogP contribution in [0.25, 0.3) is 6.08 Å². The minimum Gasteiger partial charge on any atom is -0.386 e. The first-order chi connectivity index (χ1) is 14.3. The Bertz CT molecular complexity index is 877. The van der Waals surface area contributed by atoms with Crippen LogP contribution < -0.4 is 0 Å². The lowest BCUT2D eigenvalue weighted by Gasteiger charge is -2.34. The van der Waals surface area contributed by atoms with Crippen molar-refractivity contribution in [1.29, 1.82) is 0 Å². The van der Waals surface area contributed by atoms with E-state index in [1.54, 1.807) is 0 Å². The van der Waals surface area contributed by atoms with Crippen LogP contribution in [-0.2, 0) is 5.41 Å². The molecule has 0 saturated heterocycles. The van der Waals surface area contributed by atoms with Crippen LogP contribution in [0.3, 0.4) is 0 Å². The quantitative estimate of drug-likeness (QED) is 0.487. The minimum atomic E-state index is -0.627. The fraction of sp³-hybridized carbons (Fsp3) is 0.517. The first kappa shape index (κ1) is 22.8. The highest BCUT2D eigenvalue weighted by molar-refractivity contribution is 5.57. The van der Waals surface area contributed by atoms with E-state index in [0.29, 0.717) is 0 Å². The summed E-state index contributed by atoms with van der Waals surface area (Å²) in [5.41, 5.74) is 7.47. The maximum atomic E-state index is 11.0. The molecule has 0 spiro atoms. The fourth-order valence-electron chi connectivity index (χ4n) is 5.18. The lowest BCUT2D eigenvalue weighted by atomic mass is 9.69. The van der Waals surface area contributed by atoms with Gasteiger partial charge in [0.2, 0.25) is 0 Å². The van der Waals surface area contributed by atoms with Crippen LogP contribution in [0, 0.1) is 20.8 Å². The lowest BCUT2D eigenvalue weighted by Crippen LogP contribution is -2.26. The Morgan fingerprint density at radius 2 is 1.37 bits per heavy atom. The van der Waals surface area contributed by atoms with Gasteiger partial charge < -0.3 is 5.11 Å². The second-order valence-electron chi connectivity index (χ2n) is 9.51. The van der Waals surface area contributed by atoms with E-state index < -0.39 is 5.60 Å². The van der Waals surface area contributed by atoms with Crippen molar-refractivity contribution in [3.63, 3.8) is 0 Å². The molecular weight excluding hydrogens is 364 g/mol. The van der Waals surface area contributed by atoms with Crippen molar-refractivity contribution in [2.75, 3.05) is 0 Å². The van der Waals surface area contributed by atoms with E-state index in [1.165, 1.54) is 46.2 Å². The molecule has 0 bridgehead atoms. The van der Waals surface area contributed by atoms with Gasteiger partial charge in [-0.3, -0.25) is 0 Å². The third-order valence-electron chi connectivity index (χ3n) is 7.63. The molecule has 1 N–H and O–H groups in total. The molecule has 0 unspecified atom stereocenters. The van der Waals surface area contributed by atoms with E-state index in [-0.39, 0.29) is 5.41 Å². The van der Waals surface area contributed by atoms with Gasteiger partial charge in [0, 0.05) is 5.41 Å². The van der Waals surface area contributed by atoms with E-state index in [1.807, 2.05) is 0 Å². The molecule has 0 atom stereocenters. The number of hydrogen-bond donors (Lipinski definition) is 1. The monoisotopic (exact) mass is 404 g/mol. The van der Waals surface area contributed by atoms with Crippen molar-refractivity contribution >= 4 is 6.08 Å². The predicted molar refractivity (Wildman–Crippen MR) is 130 cm³/mol. The third kappa shape index (κ3) is 4.72. The largest absolute Gasteiger partial charge is 0.386 e. The maximum Gasteiger partial charge on any atom is 0.0830 e. The number of benzene rings is 2. The van der Waals surface area contributed by atoms with Gasteiger partial charge in [-0.15, -0.1) is 0 Å². The zero-order valence-electron chi connectivity index (χ0n) is 19.7. The van der Waals surface area contributed by atoms with Gasteiger partial charge in [-0.2, -0.15) is 0 Å². The molecule has 1 saturated carbocycles. The van der Waals surface area contributed by atoms with Gasteiger partial charge in [-0.05, 0) is 79.8 Å². The summed E-state index contributed by atoms with van der Waals surface area (Å²) >= 11 is 0. The summed E-state index contributed by atoms with van der Waals surface area (Å²) in [7, 11) is 0. The third-order valence-corrected chi connectivity index (χ3v) is 7.63. The first-order valence-corrected chi connectivity index (χ1v) is 11.9. The van der Waals surface area contributed by atoms with Gasteiger partial charge >= 0.3 is 0 Å². The van der Waals surface area contributed by atoms with E-state index in [0.717, 1.165) is 38.5 Å². The van der Waals surface area contributed by atoms with Gasteiger partial charge in [-0.1, -0.05) is 88.1 Å². The molecule has 3 rings (SSSR count). The molecule has 2 aromatic rings. The number of hydrogen-bond acceptors (Lipinski definition) is 1. The molecule has 1 nitrogen and oxygen atoms in total. The van der Waals surface area contributed by atoms with Crippen LogP contribution >= 0.6 is 0 Å². The molecule has 1 aliphatic rings. The normalized spacial score (nSPS) is 17.3. The van der Waals surface area contributed by atoms with Crippen molar-refractivity contribution in [1.82, 2.24) is 0 Å². The lowest BCUT2D eigenvalue weighted by molar-refractivity contribution is 0.0755. The standard InChI is InChI=1S/C29H40O/c1-6-29(7-2,26-14-12-22(3)23(4)20-26)27-15-13-25(24(5)21-27)16-19-28(30)17-10-8-9-11-18-28/h12-16,19-21,30H,6-11,17-18H2,1-5H3. The van der Waals surface area contributed by atoms with Crippen molar-refractivity contribution in [2.45, 2.75) is 97.0 Å². The fourth-order valence-corrected chi connectivity index (χ4v) is 5.18. The number of aryl methyl sites for hydroxylation is 3. The van der Waals surface area contributed by atoms with E-state index in [9.17, 15) is 5.11 Å². The zero-order valence-corrected chi connectivity index (χ0v) is 19.7. The van der Waals surface area contributed by atoms with Crippen LogP contribution in [0.5, 0.6) is 0 Å². The minimum absolute atomic E-state index is 0.0466. The molecule has 1 fully saturated rings. The highest BCUT2D eigenvalue weighted by Crippen LogP contribution is 2.40. The Hall–Kier alpha value is -1.86. The second kappa shape index (κ2) is 9.52. The Labute approximate surface area is 184 Å². The molecule has 0 radical (unpaired) electrons. The summed E-state index contributed by atoms with van der Waals surface area (Å²) in [6.07, 6.45) is 12.9. The summed E-state index contributed by atoms with van der Waals surface area (Å²) in [4.78, 5) is 0. The average Bonchev–Trinajstić information content (AvgIpc) is 2.96. The van der Waals surface area contributed by atoms with Crippen molar-refractivity contribution in [3.8, 4) is 0 Å². The molecule has 1 aliphatic carbocycles. The molecule has 1 heteroatoms. The maximum absolute atomic E-state index is 11.0. The summed E-state index contributed by atoms with van der Waals surface area (Å²) in [6, 6.07) is 13.9. The Morgan fingerprint density at radius 3 is 1.90 bits per heavy atom. The van der Waals surface area contributed by atoms with Crippen LogP contribution in [0.15, 0.2) is 42.5 Å². The number of aliphatic hydroxyl groups is 1. The summed E-state index contributed by atoms with van der Waals surface area (Å²) in [6.45, 7) is 11.2. The van der Waals surface area contributed by atoms with E-state index >= 15 is 0 Å². The van der Waals surface area contributed by atoms with Crippen LogP contribution in [-0.4, -0.2) is 10.7 Å². The van der Waals surface area contributed by atoms with Crippen LogP contribution in [0.4, 0.5) is 0 Å². The van der Waals surface area contributed by atoms with Crippen molar-refractivity contribution in [2.24, 2.45) is 0 Å². The summed E-state index contributed by atoms with van der Waals surface area (Å²) in [5.74, 6) is 0.